The number of halogens is 1. The molecule has 2 N–H and O–H groups in total. The van der Waals surface area contributed by atoms with Crippen LogP contribution >= 0.6 is 11.6 Å². The molecule has 1 heterocycles. The molecule has 2 aromatic carbocycles. The van der Waals surface area contributed by atoms with E-state index in [4.69, 9.17) is 21.1 Å². The molecule has 0 spiro atoms. The van der Waals surface area contributed by atoms with Gasteiger partial charge in [-0.25, -0.2) is 4.98 Å². The predicted molar refractivity (Wildman–Crippen MR) is 104 cm³/mol. The molecule has 0 aliphatic heterocycles. The monoisotopic (exact) mass is 370 g/mol. The van der Waals surface area contributed by atoms with Crippen LogP contribution < -0.4 is 20.1 Å². The largest absolute Gasteiger partial charge is 0.493 e. The highest BCUT2D eigenvalue weighted by atomic mass is 35.5. The van der Waals surface area contributed by atoms with Gasteiger partial charge in [-0.15, -0.1) is 0 Å². The van der Waals surface area contributed by atoms with Gasteiger partial charge in [-0.2, -0.15) is 4.98 Å². The maximum atomic E-state index is 5.99. The van der Waals surface area contributed by atoms with Crippen LogP contribution in [-0.4, -0.2) is 24.2 Å². The minimum atomic E-state index is 0.487. The summed E-state index contributed by atoms with van der Waals surface area (Å²) in [6.07, 6.45) is 1.68. The molecular weight excluding hydrogens is 352 g/mol. The molecule has 0 aliphatic carbocycles. The lowest BCUT2D eigenvalue weighted by molar-refractivity contribution is 0.355. The van der Waals surface area contributed by atoms with Gasteiger partial charge in [-0.05, 0) is 48.9 Å². The van der Waals surface area contributed by atoms with Crippen LogP contribution in [0.1, 0.15) is 5.56 Å². The fourth-order valence-corrected chi connectivity index (χ4v) is 2.66. The summed E-state index contributed by atoms with van der Waals surface area (Å²) < 4.78 is 10.6. The topological polar surface area (TPSA) is 68.3 Å². The smallest absolute Gasteiger partial charge is 0.229 e. The summed E-state index contributed by atoms with van der Waals surface area (Å²) in [5, 5.41) is 7.13. The number of aromatic nitrogens is 2. The van der Waals surface area contributed by atoms with E-state index in [1.807, 2.05) is 43.3 Å². The van der Waals surface area contributed by atoms with Gasteiger partial charge in [-0.1, -0.05) is 11.6 Å². The first-order valence-corrected chi connectivity index (χ1v) is 8.32. The average molecular weight is 371 g/mol. The summed E-state index contributed by atoms with van der Waals surface area (Å²) in [5.74, 6) is 2.45. The summed E-state index contributed by atoms with van der Waals surface area (Å²) in [6, 6.07) is 13.0. The molecule has 0 saturated carbocycles. The van der Waals surface area contributed by atoms with Crippen molar-refractivity contribution in [3.63, 3.8) is 0 Å². The number of hydrogen-bond donors (Lipinski definition) is 2. The highest BCUT2D eigenvalue weighted by Gasteiger charge is 2.07. The van der Waals surface area contributed by atoms with Gasteiger partial charge < -0.3 is 20.1 Å². The second-order valence-electron chi connectivity index (χ2n) is 5.54. The zero-order valence-electron chi connectivity index (χ0n) is 14.7. The number of aryl methyl sites for hydroxylation is 1. The number of benzene rings is 2. The van der Waals surface area contributed by atoms with Crippen LogP contribution in [0.25, 0.3) is 0 Å². The Bertz CT molecular complexity index is 918. The highest BCUT2D eigenvalue weighted by Crippen LogP contribution is 2.31. The number of nitrogens with one attached hydrogen (secondary N) is 2. The number of rotatable bonds is 6. The standard InChI is InChI=1S/C19H19ClN4O2/c1-12-10-13(20)4-6-15(12)23-19-21-9-8-18(24-19)22-14-5-7-16(25-2)17(11-14)26-3/h4-11H,1-3H3,(H2,21,22,23,24). The van der Waals surface area contributed by atoms with E-state index in [9.17, 15) is 0 Å². The Morgan fingerprint density at radius 3 is 2.46 bits per heavy atom. The van der Waals surface area contributed by atoms with E-state index < -0.39 is 0 Å². The van der Waals surface area contributed by atoms with Crippen molar-refractivity contribution >= 4 is 34.7 Å². The van der Waals surface area contributed by atoms with Crippen molar-refractivity contribution in [2.75, 3.05) is 24.9 Å². The van der Waals surface area contributed by atoms with Crippen molar-refractivity contribution in [1.29, 1.82) is 0 Å². The van der Waals surface area contributed by atoms with Gasteiger partial charge in [0.25, 0.3) is 0 Å². The van der Waals surface area contributed by atoms with Crippen LogP contribution in [-0.2, 0) is 0 Å². The van der Waals surface area contributed by atoms with Crippen LogP contribution in [0.4, 0.5) is 23.1 Å². The van der Waals surface area contributed by atoms with Crippen LogP contribution in [0.5, 0.6) is 11.5 Å². The highest BCUT2D eigenvalue weighted by molar-refractivity contribution is 6.30. The maximum Gasteiger partial charge on any atom is 0.229 e. The van der Waals surface area contributed by atoms with E-state index in [1.54, 1.807) is 26.5 Å². The minimum absolute atomic E-state index is 0.487. The molecule has 0 saturated heterocycles. The van der Waals surface area contributed by atoms with Gasteiger partial charge in [0.1, 0.15) is 5.82 Å². The molecule has 0 radical (unpaired) electrons. The molecule has 0 fully saturated rings. The van der Waals surface area contributed by atoms with E-state index >= 15 is 0 Å². The Labute approximate surface area is 157 Å². The maximum absolute atomic E-state index is 5.99. The molecule has 1 aromatic heterocycles. The van der Waals surface area contributed by atoms with Gasteiger partial charge in [-0.3, -0.25) is 0 Å². The first-order valence-electron chi connectivity index (χ1n) is 7.94. The first-order chi connectivity index (χ1) is 12.6. The zero-order valence-corrected chi connectivity index (χ0v) is 15.5. The third-order valence-electron chi connectivity index (χ3n) is 3.75. The SMILES string of the molecule is COc1ccc(Nc2ccnc(Nc3ccc(Cl)cc3C)n2)cc1OC. The second-order valence-corrected chi connectivity index (χ2v) is 5.98. The molecule has 6 nitrogen and oxygen atoms in total. The van der Waals surface area contributed by atoms with E-state index in [0.29, 0.717) is 28.3 Å². The van der Waals surface area contributed by atoms with Crippen LogP contribution in [0.15, 0.2) is 48.7 Å². The molecule has 0 unspecified atom stereocenters. The van der Waals surface area contributed by atoms with Crippen LogP contribution in [0, 0.1) is 6.92 Å². The number of methoxy groups -OCH3 is 2. The lowest BCUT2D eigenvalue weighted by atomic mass is 10.2. The van der Waals surface area contributed by atoms with Gasteiger partial charge in [0.2, 0.25) is 5.95 Å². The molecule has 3 rings (SSSR count). The Kier molecular flexibility index (Phi) is 5.43. The van der Waals surface area contributed by atoms with Crippen molar-refractivity contribution in [2.45, 2.75) is 6.92 Å². The van der Waals surface area contributed by atoms with E-state index in [2.05, 4.69) is 20.6 Å². The average Bonchev–Trinajstić information content (AvgIpc) is 2.64. The lowest BCUT2D eigenvalue weighted by Crippen LogP contribution is -2.01. The number of nitrogens with zero attached hydrogens (tertiary/aromatic N) is 2. The number of anilines is 4. The summed E-state index contributed by atoms with van der Waals surface area (Å²) in [4.78, 5) is 8.75. The third-order valence-corrected chi connectivity index (χ3v) is 3.98. The Balaban J connectivity index is 1.79. The minimum Gasteiger partial charge on any atom is -0.493 e. The molecule has 134 valence electrons. The van der Waals surface area contributed by atoms with E-state index in [-0.39, 0.29) is 0 Å². The number of hydrogen-bond acceptors (Lipinski definition) is 6. The third kappa shape index (κ3) is 4.15. The Morgan fingerprint density at radius 1 is 0.923 bits per heavy atom. The van der Waals surface area contributed by atoms with E-state index in [0.717, 1.165) is 16.9 Å². The molecule has 0 aliphatic rings. The first kappa shape index (κ1) is 17.8. The summed E-state index contributed by atoms with van der Waals surface area (Å²) in [6.45, 7) is 1.97. The fraction of sp³-hybridized carbons (Fsp3) is 0.158. The van der Waals surface area contributed by atoms with Crippen molar-refractivity contribution in [2.24, 2.45) is 0 Å². The fourth-order valence-electron chi connectivity index (χ4n) is 2.44. The molecule has 26 heavy (non-hydrogen) atoms. The Hall–Kier alpha value is -2.99. The van der Waals surface area contributed by atoms with Gasteiger partial charge in [0.15, 0.2) is 11.5 Å². The van der Waals surface area contributed by atoms with Crippen molar-refractivity contribution < 1.29 is 9.47 Å². The second kappa shape index (κ2) is 7.93. The number of ether oxygens (including phenoxy) is 2. The quantitative estimate of drug-likeness (QED) is 0.640. The summed E-state index contributed by atoms with van der Waals surface area (Å²) in [5.41, 5.74) is 2.74. The Morgan fingerprint density at radius 2 is 1.73 bits per heavy atom. The van der Waals surface area contributed by atoms with Crippen molar-refractivity contribution in [3.8, 4) is 11.5 Å². The van der Waals surface area contributed by atoms with Crippen LogP contribution in [0.2, 0.25) is 5.02 Å². The molecule has 3 aromatic rings. The summed E-state index contributed by atoms with van der Waals surface area (Å²) >= 11 is 5.99. The predicted octanol–water partition coefficient (Wildman–Crippen LogP) is 4.94. The van der Waals surface area contributed by atoms with Gasteiger partial charge in [0, 0.05) is 28.7 Å². The molecule has 0 amide bonds. The summed E-state index contributed by atoms with van der Waals surface area (Å²) in [7, 11) is 3.20. The lowest BCUT2D eigenvalue weighted by Gasteiger charge is -2.12. The van der Waals surface area contributed by atoms with Crippen molar-refractivity contribution in [1.82, 2.24) is 9.97 Å². The molecule has 0 bridgehead atoms. The van der Waals surface area contributed by atoms with E-state index in [1.165, 1.54) is 0 Å². The van der Waals surface area contributed by atoms with Gasteiger partial charge in [0.05, 0.1) is 14.2 Å². The van der Waals surface area contributed by atoms with Gasteiger partial charge >= 0.3 is 0 Å². The normalized spacial score (nSPS) is 10.3. The molecule has 0 atom stereocenters. The van der Waals surface area contributed by atoms with Crippen molar-refractivity contribution in [3.05, 3.63) is 59.2 Å². The van der Waals surface area contributed by atoms with Crippen LogP contribution in [0.3, 0.4) is 0 Å². The molecule has 7 heteroatoms. The zero-order chi connectivity index (χ0) is 18.5. The molecular formula is C19H19ClN4O2.